The molecule has 24 heavy (non-hydrogen) atoms. The van der Waals surface area contributed by atoms with Crippen molar-refractivity contribution >= 4 is 0 Å². The molecule has 0 aliphatic heterocycles. The van der Waals surface area contributed by atoms with Gasteiger partial charge in [0.15, 0.2) is 0 Å². The number of methoxy groups -OCH3 is 2. The van der Waals surface area contributed by atoms with Crippen LogP contribution >= 0.6 is 0 Å². The fourth-order valence-corrected chi connectivity index (χ4v) is 2.36. The topological polar surface area (TPSA) is 39.7 Å². The zero-order valence-corrected chi connectivity index (χ0v) is 13.9. The van der Waals surface area contributed by atoms with Gasteiger partial charge in [0.2, 0.25) is 0 Å². The predicted octanol–water partition coefficient (Wildman–Crippen LogP) is 4.16. The maximum Gasteiger partial charge on any atom is 0.387 e. The highest BCUT2D eigenvalue weighted by Crippen LogP contribution is 2.25. The molecule has 0 heterocycles. The molecule has 4 nitrogen and oxygen atoms in total. The minimum absolute atomic E-state index is 0.0536. The number of rotatable bonds is 8. The lowest BCUT2D eigenvalue weighted by Gasteiger charge is -2.17. The minimum atomic E-state index is -2.83. The third-order valence-electron chi connectivity index (χ3n) is 3.67. The Morgan fingerprint density at radius 3 is 2.46 bits per heavy atom. The summed E-state index contributed by atoms with van der Waals surface area (Å²) >= 11 is 0. The Bertz CT molecular complexity index is 664. The van der Waals surface area contributed by atoms with Crippen molar-refractivity contribution in [1.29, 1.82) is 0 Å². The van der Waals surface area contributed by atoms with Crippen LogP contribution < -0.4 is 19.5 Å². The van der Waals surface area contributed by atoms with Gasteiger partial charge in [-0.25, -0.2) is 0 Å². The highest BCUT2D eigenvalue weighted by atomic mass is 19.3. The second-order valence-electron chi connectivity index (χ2n) is 5.23. The first-order valence-corrected chi connectivity index (χ1v) is 7.52. The molecule has 0 aliphatic carbocycles. The number of benzene rings is 2. The number of hydrogen-bond donors (Lipinski definition) is 1. The van der Waals surface area contributed by atoms with Crippen LogP contribution in [0.5, 0.6) is 17.2 Å². The van der Waals surface area contributed by atoms with Crippen molar-refractivity contribution in [3.63, 3.8) is 0 Å². The molecule has 130 valence electrons. The van der Waals surface area contributed by atoms with Crippen molar-refractivity contribution in [2.75, 3.05) is 14.2 Å². The normalized spacial score (nSPS) is 12.1. The quantitative estimate of drug-likeness (QED) is 0.785. The van der Waals surface area contributed by atoms with Crippen LogP contribution in [0.4, 0.5) is 8.78 Å². The number of halogens is 2. The Labute approximate surface area is 140 Å². The molecule has 0 aromatic heterocycles. The summed E-state index contributed by atoms with van der Waals surface area (Å²) in [5, 5.41) is 3.34. The summed E-state index contributed by atoms with van der Waals surface area (Å²) in [5.41, 5.74) is 1.80. The summed E-state index contributed by atoms with van der Waals surface area (Å²) < 4.78 is 39.6. The van der Waals surface area contributed by atoms with Gasteiger partial charge in [-0.1, -0.05) is 12.1 Å². The number of nitrogens with one attached hydrogen (secondary N) is 1. The Hall–Kier alpha value is -2.34. The molecular weight excluding hydrogens is 316 g/mol. The highest BCUT2D eigenvalue weighted by Gasteiger charge is 2.11. The zero-order valence-electron chi connectivity index (χ0n) is 13.9. The van der Waals surface area contributed by atoms with Crippen LogP contribution in [0.2, 0.25) is 0 Å². The van der Waals surface area contributed by atoms with E-state index in [-0.39, 0.29) is 11.8 Å². The number of ether oxygens (including phenoxy) is 3. The lowest BCUT2D eigenvalue weighted by Crippen LogP contribution is -2.18. The lowest BCUT2D eigenvalue weighted by atomic mass is 10.1. The highest BCUT2D eigenvalue weighted by molar-refractivity contribution is 5.40. The summed E-state index contributed by atoms with van der Waals surface area (Å²) in [4.78, 5) is 0. The van der Waals surface area contributed by atoms with Gasteiger partial charge in [0, 0.05) is 18.2 Å². The first-order valence-electron chi connectivity index (χ1n) is 7.52. The molecule has 0 bridgehead atoms. The van der Waals surface area contributed by atoms with Crippen molar-refractivity contribution in [3.8, 4) is 17.2 Å². The molecule has 2 aromatic rings. The molecule has 6 heteroatoms. The Morgan fingerprint density at radius 2 is 1.79 bits per heavy atom. The Balaban J connectivity index is 2.06. The van der Waals surface area contributed by atoms with E-state index in [4.69, 9.17) is 9.47 Å². The third-order valence-corrected chi connectivity index (χ3v) is 3.67. The fourth-order valence-electron chi connectivity index (χ4n) is 2.36. The van der Waals surface area contributed by atoms with Gasteiger partial charge in [0.1, 0.15) is 17.2 Å². The van der Waals surface area contributed by atoms with Crippen LogP contribution in [0.15, 0.2) is 42.5 Å². The largest absolute Gasteiger partial charge is 0.497 e. The van der Waals surface area contributed by atoms with E-state index < -0.39 is 6.61 Å². The van der Waals surface area contributed by atoms with Gasteiger partial charge in [-0.3, -0.25) is 0 Å². The molecule has 2 aromatic carbocycles. The molecule has 1 N–H and O–H groups in total. The van der Waals surface area contributed by atoms with E-state index >= 15 is 0 Å². The molecule has 0 spiro atoms. The van der Waals surface area contributed by atoms with Crippen LogP contribution in [0, 0.1) is 0 Å². The average molecular weight is 337 g/mol. The van der Waals surface area contributed by atoms with Gasteiger partial charge in [-0.15, -0.1) is 0 Å². The van der Waals surface area contributed by atoms with Crippen molar-refractivity contribution in [2.45, 2.75) is 26.1 Å². The van der Waals surface area contributed by atoms with Crippen LogP contribution in [0.3, 0.4) is 0 Å². The van der Waals surface area contributed by atoms with E-state index in [2.05, 4.69) is 10.1 Å². The predicted molar refractivity (Wildman–Crippen MR) is 87.9 cm³/mol. The average Bonchev–Trinajstić information content (AvgIpc) is 2.59. The third kappa shape index (κ3) is 4.83. The summed E-state index contributed by atoms with van der Waals surface area (Å²) in [6.45, 7) is -0.333. The lowest BCUT2D eigenvalue weighted by molar-refractivity contribution is -0.0499. The van der Waals surface area contributed by atoms with Gasteiger partial charge in [0.25, 0.3) is 0 Å². The molecular formula is C18H21F2NO3. The first kappa shape index (κ1) is 18.0. The van der Waals surface area contributed by atoms with Crippen molar-refractivity contribution in [3.05, 3.63) is 53.6 Å². The van der Waals surface area contributed by atoms with Gasteiger partial charge < -0.3 is 19.5 Å². The molecule has 0 amide bonds. The van der Waals surface area contributed by atoms with Gasteiger partial charge in [-0.05, 0) is 42.8 Å². The van der Waals surface area contributed by atoms with Crippen molar-refractivity contribution in [2.24, 2.45) is 0 Å². The Kier molecular flexibility index (Phi) is 6.37. The summed E-state index contributed by atoms with van der Waals surface area (Å²) in [6, 6.07) is 12.2. The van der Waals surface area contributed by atoms with E-state index in [1.807, 2.05) is 31.2 Å². The second-order valence-corrected chi connectivity index (χ2v) is 5.23. The maximum atomic E-state index is 12.3. The van der Waals surface area contributed by atoms with Crippen molar-refractivity contribution < 1.29 is 23.0 Å². The van der Waals surface area contributed by atoms with Crippen LogP contribution in [0.25, 0.3) is 0 Å². The fraction of sp³-hybridized carbons (Fsp3) is 0.333. The maximum absolute atomic E-state index is 12.3. The second kappa shape index (κ2) is 8.49. The van der Waals surface area contributed by atoms with Crippen molar-refractivity contribution in [1.82, 2.24) is 5.32 Å². The van der Waals surface area contributed by atoms with E-state index in [0.29, 0.717) is 6.54 Å². The minimum Gasteiger partial charge on any atom is -0.497 e. The Morgan fingerprint density at radius 1 is 1.00 bits per heavy atom. The molecule has 0 radical (unpaired) electrons. The van der Waals surface area contributed by atoms with Gasteiger partial charge in [0.05, 0.1) is 14.2 Å². The molecule has 0 saturated heterocycles. The summed E-state index contributed by atoms with van der Waals surface area (Å²) in [5.74, 6) is 1.65. The van der Waals surface area contributed by atoms with E-state index in [1.165, 1.54) is 6.07 Å². The molecule has 2 rings (SSSR count). The molecule has 0 saturated carbocycles. The molecule has 0 fully saturated rings. The van der Waals surface area contributed by atoms with E-state index in [0.717, 1.165) is 22.6 Å². The molecule has 0 aliphatic rings. The number of hydrogen-bond acceptors (Lipinski definition) is 4. The standard InChI is InChI=1S/C18H21F2NO3/c1-12(13-5-4-6-16(9-13)24-18(19)20)21-11-14-10-15(22-2)7-8-17(14)23-3/h4-10,12,18,21H,11H2,1-3H3. The summed E-state index contributed by atoms with van der Waals surface area (Å²) in [7, 11) is 3.22. The van der Waals surface area contributed by atoms with Gasteiger partial charge >= 0.3 is 6.61 Å². The van der Waals surface area contributed by atoms with E-state index in [1.54, 1.807) is 26.4 Å². The van der Waals surface area contributed by atoms with E-state index in [9.17, 15) is 8.78 Å². The van der Waals surface area contributed by atoms with Crippen LogP contribution in [-0.4, -0.2) is 20.8 Å². The monoisotopic (exact) mass is 337 g/mol. The summed E-state index contributed by atoms with van der Waals surface area (Å²) in [6.07, 6.45) is 0. The first-order chi connectivity index (χ1) is 11.5. The molecule has 1 unspecified atom stereocenters. The molecule has 1 atom stereocenters. The van der Waals surface area contributed by atoms with Crippen LogP contribution in [0.1, 0.15) is 24.1 Å². The number of alkyl halides is 2. The zero-order chi connectivity index (χ0) is 17.5. The SMILES string of the molecule is COc1ccc(OC)c(CNC(C)c2cccc(OC(F)F)c2)c1. The van der Waals surface area contributed by atoms with Crippen LogP contribution in [-0.2, 0) is 6.54 Å². The smallest absolute Gasteiger partial charge is 0.387 e. The van der Waals surface area contributed by atoms with Gasteiger partial charge in [-0.2, -0.15) is 8.78 Å².